The molecule has 2 amide bonds. The number of nitrogens with zero attached hydrogens (tertiary/aromatic N) is 2. The number of likely N-dealkylation sites (tertiary alicyclic amines) is 2. The van der Waals surface area contributed by atoms with Crippen LogP contribution < -0.4 is 29.6 Å². The van der Waals surface area contributed by atoms with Crippen LogP contribution in [0.2, 0.25) is 0 Å². The molecule has 0 saturated carbocycles. The van der Waals surface area contributed by atoms with Gasteiger partial charge >= 0.3 is 41.7 Å². The van der Waals surface area contributed by atoms with Crippen molar-refractivity contribution in [1.29, 1.82) is 0 Å². The quantitative estimate of drug-likeness (QED) is 0.513. The summed E-state index contributed by atoms with van der Waals surface area (Å²) < 4.78 is 10.5. The van der Waals surface area contributed by atoms with Crippen LogP contribution in [0, 0.1) is 0 Å². The van der Waals surface area contributed by atoms with Crippen LogP contribution in [-0.2, 0) is 27.5 Å². The number of ketones is 1. The van der Waals surface area contributed by atoms with Crippen molar-refractivity contribution in [3.8, 4) is 0 Å². The fourth-order valence-electron chi connectivity index (χ4n) is 4.41. The predicted octanol–water partition coefficient (Wildman–Crippen LogP) is 2.06. The second-order valence-corrected chi connectivity index (χ2v) is 10.1. The van der Waals surface area contributed by atoms with Gasteiger partial charge in [0.15, 0.2) is 5.78 Å². The van der Waals surface area contributed by atoms with Crippen molar-refractivity contribution in [2.75, 3.05) is 32.8 Å². The molecule has 2 aromatic carbocycles. The van der Waals surface area contributed by atoms with E-state index in [1.165, 1.54) is 4.90 Å². The van der Waals surface area contributed by atoms with E-state index >= 15 is 0 Å². The molecule has 9 nitrogen and oxygen atoms in total. The molecule has 0 aliphatic carbocycles. The van der Waals surface area contributed by atoms with Gasteiger partial charge in [-0.3, -0.25) is 4.79 Å². The Labute approximate surface area is 282 Å². The van der Waals surface area contributed by atoms with Crippen molar-refractivity contribution < 1.29 is 65.1 Å². The number of hydrogen-bond donors (Lipinski definition) is 2. The van der Waals surface area contributed by atoms with E-state index in [0.717, 1.165) is 56.1 Å². The van der Waals surface area contributed by atoms with E-state index < -0.39 is 6.10 Å². The van der Waals surface area contributed by atoms with Crippen molar-refractivity contribution in [2.24, 2.45) is 0 Å². The molecule has 11 heteroatoms. The fourth-order valence-corrected chi connectivity index (χ4v) is 4.41. The fraction of sp³-hybridized carbons (Fsp3) is 0.531. The average Bonchev–Trinajstić information content (AvgIpc) is 2.96. The van der Waals surface area contributed by atoms with E-state index in [4.69, 9.17) is 14.6 Å². The summed E-state index contributed by atoms with van der Waals surface area (Å²) in [5.74, 6) is 0.122. The minimum atomic E-state index is -0.426. The molecule has 0 aromatic heterocycles. The zero-order valence-corrected chi connectivity index (χ0v) is 27.9. The van der Waals surface area contributed by atoms with Gasteiger partial charge in [-0.15, -0.1) is 0 Å². The van der Waals surface area contributed by atoms with Crippen LogP contribution in [0.25, 0.3) is 0 Å². The van der Waals surface area contributed by atoms with E-state index in [-0.39, 0.29) is 83.7 Å². The molecule has 231 valence electrons. The molecule has 2 heterocycles. The Morgan fingerprint density at radius 1 is 0.814 bits per heavy atom. The van der Waals surface area contributed by atoms with Gasteiger partial charge in [-0.05, 0) is 43.7 Å². The number of hydrogen-bond acceptors (Lipinski definition) is 7. The van der Waals surface area contributed by atoms with Crippen LogP contribution in [0.5, 0.6) is 0 Å². The number of benzene rings is 2. The summed E-state index contributed by atoms with van der Waals surface area (Å²) >= 11 is 0. The van der Waals surface area contributed by atoms with Crippen LogP contribution in [-0.4, -0.2) is 85.3 Å². The molecular weight excluding hydrogens is 558 g/mol. The van der Waals surface area contributed by atoms with Crippen LogP contribution >= 0.6 is 0 Å². The molecule has 4 rings (SSSR count). The van der Waals surface area contributed by atoms with E-state index in [1.54, 1.807) is 11.8 Å². The maximum atomic E-state index is 12.0. The minimum absolute atomic E-state index is 0. The van der Waals surface area contributed by atoms with Crippen LogP contribution in [0.3, 0.4) is 0 Å². The first-order valence-electron chi connectivity index (χ1n) is 14.6. The number of β-amino-alcohol motifs (C(OH)–C–C–N with tert-alkyl or cyclic N) is 1. The van der Waals surface area contributed by atoms with Crippen molar-refractivity contribution in [3.63, 3.8) is 0 Å². The van der Waals surface area contributed by atoms with Crippen LogP contribution in [0.4, 0.5) is 9.59 Å². The second kappa shape index (κ2) is 25.0. The summed E-state index contributed by atoms with van der Waals surface area (Å²) in [4.78, 5) is 38.6. The van der Waals surface area contributed by atoms with E-state index in [1.807, 2.05) is 60.7 Å². The van der Waals surface area contributed by atoms with Gasteiger partial charge in [-0.25, -0.2) is 9.59 Å². The summed E-state index contributed by atoms with van der Waals surface area (Å²) in [7, 11) is 0. The van der Waals surface area contributed by atoms with Gasteiger partial charge in [-0.1, -0.05) is 79.9 Å². The third kappa shape index (κ3) is 18.1. The molecule has 2 aromatic rings. The average molecular weight is 606 g/mol. The van der Waals surface area contributed by atoms with Crippen LogP contribution in [0.1, 0.15) is 70.8 Å². The largest absolute Gasteiger partial charge is 1.00 e. The number of aliphatic hydroxyl groups excluding tert-OH is 2. The monoisotopic (exact) mass is 605 g/mol. The van der Waals surface area contributed by atoms with E-state index in [9.17, 15) is 19.5 Å². The van der Waals surface area contributed by atoms with Crippen molar-refractivity contribution >= 4 is 26.4 Å². The Bertz CT molecular complexity index is 1020. The first kappa shape index (κ1) is 40.6. The van der Waals surface area contributed by atoms with Crippen LogP contribution in [0.15, 0.2) is 60.7 Å². The second-order valence-electron chi connectivity index (χ2n) is 10.1. The molecule has 2 aliphatic heterocycles. The van der Waals surface area contributed by atoms with Crippen molar-refractivity contribution in [2.45, 2.75) is 77.6 Å². The SMILES string of the molecule is CCO.O=C(OCc1ccccc1)N1CCCCCC(O)C1.O=C1CCCCCN(C(=O)OCc2ccccc2)C1.[B].[H-].[Na+]. The Kier molecular flexibility index (Phi) is 23.6. The topological polar surface area (TPSA) is 117 Å². The van der Waals surface area contributed by atoms with Crippen molar-refractivity contribution in [1.82, 2.24) is 9.80 Å². The predicted molar refractivity (Wildman–Crippen MR) is 164 cm³/mol. The van der Waals surface area contributed by atoms with Gasteiger partial charge in [0.1, 0.15) is 13.2 Å². The molecule has 1 atom stereocenters. The molecule has 2 fully saturated rings. The number of amides is 2. The molecule has 43 heavy (non-hydrogen) atoms. The smallest absolute Gasteiger partial charge is 1.00 e. The molecule has 0 bridgehead atoms. The summed E-state index contributed by atoms with van der Waals surface area (Å²) in [6.45, 7) is 4.32. The number of ether oxygens (including phenoxy) is 2. The summed E-state index contributed by atoms with van der Waals surface area (Å²) in [5.41, 5.74) is 1.93. The van der Waals surface area contributed by atoms with Gasteiger partial charge in [0.2, 0.25) is 0 Å². The first-order valence-corrected chi connectivity index (χ1v) is 14.6. The van der Waals surface area contributed by atoms with Gasteiger partial charge < -0.3 is 30.9 Å². The normalized spacial score (nSPS) is 16.8. The van der Waals surface area contributed by atoms with Gasteiger partial charge in [-0.2, -0.15) is 0 Å². The summed E-state index contributed by atoms with van der Waals surface area (Å²) in [5, 5.41) is 17.3. The number of carbonyl (C=O) groups excluding carboxylic acids is 3. The standard InChI is InChI=1S/C15H21NO3.C15H19NO3.C2H6O.B.Na.H/c2*17-14-9-5-2-6-10-16(11-14)15(18)19-12-13-7-3-1-4-8-13;1-2-3;;;/h1,3-4,7-8,14,17H,2,5-6,9-12H2;1,3-4,7-8H,2,5-6,9-12H2;3H,2H2,1H3;;;/q;;;;+1;-1. The van der Waals surface area contributed by atoms with Crippen molar-refractivity contribution in [3.05, 3.63) is 71.8 Å². The third-order valence-corrected chi connectivity index (χ3v) is 6.57. The minimum Gasteiger partial charge on any atom is -1.00 e. The third-order valence-electron chi connectivity index (χ3n) is 6.57. The number of Topliss-reactive ketones (excluding diaryl/α,β-unsaturated/α-hetero) is 1. The van der Waals surface area contributed by atoms with E-state index in [0.29, 0.717) is 26.1 Å². The summed E-state index contributed by atoms with van der Waals surface area (Å²) in [6, 6.07) is 19.2. The maximum absolute atomic E-state index is 12.0. The molecule has 2 saturated heterocycles. The Morgan fingerprint density at radius 2 is 1.28 bits per heavy atom. The van der Waals surface area contributed by atoms with Gasteiger partial charge in [0.25, 0.3) is 0 Å². The first-order chi connectivity index (χ1) is 19.9. The molecule has 3 radical (unpaired) electrons. The Balaban J connectivity index is 0. The molecule has 0 spiro atoms. The number of rotatable bonds is 4. The van der Waals surface area contributed by atoms with E-state index in [2.05, 4.69) is 0 Å². The molecular formula is C32H47BN2NaO7. The Morgan fingerprint density at radius 3 is 1.81 bits per heavy atom. The van der Waals surface area contributed by atoms with Gasteiger partial charge in [0.05, 0.1) is 12.6 Å². The zero-order valence-electron chi connectivity index (χ0n) is 26.9. The van der Waals surface area contributed by atoms with Gasteiger partial charge in [0, 0.05) is 41.1 Å². The molecule has 1 unspecified atom stereocenters. The maximum Gasteiger partial charge on any atom is 1.00 e. The zero-order chi connectivity index (χ0) is 29.7. The Hall–Kier alpha value is -2.37. The number of carbonyl (C=O) groups is 3. The number of aliphatic hydroxyl groups is 2. The molecule has 2 aliphatic rings. The summed E-state index contributed by atoms with van der Waals surface area (Å²) in [6.07, 6.45) is 6.13. The molecule has 2 N–H and O–H groups in total.